The minimum Gasteiger partial charge on any atom is -0.293 e. The van der Waals surface area contributed by atoms with Crippen molar-refractivity contribution in [3.63, 3.8) is 0 Å². The number of hydrogen-bond acceptors (Lipinski definition) is 7. The molecule has 4 aromatic rings. The van der Waals surface area contributed by atoms with Gasteiger partial charge in [0.25, 0.3) is 5.69 Å². The number of halogens is 1. The molecular weight excluding hydrogens is 414 g/mol. The van der Waals surface area contributed by atoms with Crippen molar-refractivity contribution in [2.75, 3.05) is 5.75 Å². The number of ketones is 1. The van der Waals surface area contributed by atoms with E-state index in [0.717, 1.165) is 11.3 Å². The van der Waals surface area contributed by atoms with Crippen LogP contribution in [-0.2, 0) is 0 Å². The first-order chi connectivity index (χ1) is 14.0. The molecule has 0 aliphatic rings. The average molecular weight is 426 g/mol. The number of benzene rings is 2. The Bertz CT molecular complexity index is 1210. The molecule has 2 aromatic heterocycles. The summed E-state index contributed by atoms with van der Waals surface area (Å²) in [6.07, 6.45) is 0. The van der Waals surface area contributed by atoms with Crippen LogP contribution in [0.15, 0.2) is 65.8 Å². The highest BCUT2D eigenvalue weighted by molar-refractivity contribution is 7.99. The molecular formula is C19H12ClN5O3S. The van der Waals surface area contributed by atoms with Gasteiger partial charge in [-0.1, -0.05) is 35.5 Å². The molecule has 4 rings (SSSR count). The zero-order valence-electron chi connectivity index (χ0n) is 14.7. The standard InChI is InChI=1S/C19H12ClN5O3S/c20-14-5-1-12(2-6-14)16-9-10-18-21-22-19(24(18)23-16)29-11-17(26)13-3-7-15(8-4-13)25(27)28/h1-10H,11H2. The summed E-state index contributed by atoms with van der Waals surface area (Å²) in [5.74, 6) is -0.0682. The highest BCUT2D eigenvalue weighted by atomic mass is 35.5. The number of carbonyl (C=O) groups is 1. The second-order valence-corrected chi connectivity index (χ2v) is 7.37. The van der Waals surface area contributed by atoms with Crippen molar-refractivity contribution in [2.45, 2.75) is 5.16 Å². The lowest BCUT2D eigenvalue weighted by atomic mass is 10.1. The molecule has 10 heteroatoms. The predicted octanol–water partition coefficient (Wildman–Crippen LogP) is 4.33. The Kier molecular flexibility index (Phi) is 5.24. The van der Waals surface area contributed by atoms with Gasteiger partial charge in [-0.2, -0.15) is 9.61 Å². The SMILES string of the molecule is O=C(CSc1nnc2ccc(-c3ccc(Cl)cc3)nn12)c1ccc([N+](=O)[O-])cc1. The first-order valence-corrected chi connectivity index (χ1v) is 9.76. The molecule has 29 heavy (non-hydrogen) atoms. The number of hydrogen-bond donors (Lipinski definition) is 0. The summed E-state index contributed by atoms with van der Waals surface area (Å²) >= 11 is 7.13. The first kappa shape index (κ1) is 19.0. The Morgan fingerprint density at radius 1 is 1.03 bits per heavy atom. The molecule has 0 atom stereocenters. The molecule has 0 amide bonds. The van der Waals surface area contributed by atoms with Gasteiger partial charge in [0.05, 0.1) is 16.4 Å². The number of rotatable bonds is 6. The molecule has 0 unspecified atom stereocenters. The van der Waals surface area contributed by atoms with Gasteiger partial charge in [0.1, 0.15) is 0 Å². The highest BCUT2D eigenvalue weighted by Gasteiger charge is 2.14. The van der Waals surface area contributed by atoms with E-state index < -0.39 is 4.92 Å². The number of nitro groups is 1. The van der Waals surface area contributed by atoms with Crippen molar-refractivity contribution in [1.82, 2.24) is 19.8 Å². The number of thioether (sulfide) groups is 1. The van der Waals surface area contributed by atoms with Crippen LogP contribution in [0.2, 0.25) is 5.02 Å². The lowest BCUT2D eigenvalue weighted by Crippen LogP contribution is -2.04. The molecule has 0 aliphatic heterocycles. The summed E-state index contributed by atoms with van der Waals surface area (Å²) < 4.78 is 1.58. The number of nitro benzene ring substituents is 1. The third kappa shape index (κ3) is 4.10. The van der Waals surface area contributed by atoms with Crippen molar-refractivity contribution >= 4 is 40.5 Å². The number of non-ortho nitro benzene ring substituents is 1. The number of fused-ring (bicyclic) bond motifs is 1. The molecule has 0 saturated carbocycles. The molecule has 0 spiro atoms. The number of aromatic nitrogens is 4. The van der Waals surface area contributed by atoms with Crippen LogP contribution < -0.4 is 0 Å². The van der Waals surface area contributed by atoms with E-state index in [-0.39, 0.29) is 17.2 Å². The predicted molar refractivity (Wildman–Crippen MR) is 109 cm³/mol. The fourth-order valence-electron chi connectivity index (χ4n) is 2.62. The molecule has 0 saturated heterocycles. The molecule has 144 valence electrons. The van der Waals surface area contributed by atoms with Gasteiger partial charge in [-0.25, -0.2) is 0 Å². The van der Waals surface area contributed by atoms with Crippen LogP contribution in [0.1, 0.15) is 10.4 Å². The van der Waals surface area contributed by atoms with Gasteiger partial charge < -0.3 is 0 Å². The van der Waals surface area contributed by atoms with Crippen molar-refractivity contribution in [2.24, 2.45) is 0 Å². The summed E-state index contributed by atoms with van der Waals surface area (Å²) in [5.41, 5.74) is 2.51. The van der Waals surface area contributed by atoms with Crippen molar-refractivity contribution in [1.29, 1.82) is 0 Å². The normalized spacial score (nSPS) is 10.9. The van der Waals surface area contributed by atoms with Gasteiger partial charge >= 0.3 is 0 Å². The Balaban J connectivity index is 1.53. The quantitative estimate of drug-likeness (QED) is 0.196. The summed E-state index contributed by atoms with van der Waals surface area (Å²) in [7, 11) is 0. The van der Waals surface area contributed by atoms with Gasteiger partial charge in [0.2, 0.25) is 5.16 Å². The molecule has 0 bridgehead atoms. The topological polar surface area (TPSA) is 103 Å². The Morgan fingerprint density at radius 2 is 1.76 bits per heavy atom. The molecule has 0 fully saturated rings. The lowest BCUT2D eigenvalue weighted by molar-refractivity contribution is -0.384. The third-order valence-electron chi connectivity index (χ3n) is 4.11. The third-order valence-corrected chi connectivity index (χ3v) is 5.28. The van der Waals surface area contributed by atoms with Crippen molar-refractivity contribution in [3.05, 3.63) is 81.4 Å². The fourth-order valence-corrected chi connectivity index (χ4v) is 3.52. The Morgan fingerprint density at radius 3 is 2.45 bits per heavy atom. The highest BCUT2D eigenvalue weighted by Crippen LogP contribution is 2.23. The molecule has 0 aliphatic carbocycles. The zero-order valence-corrected chi connectivity index (χ0v) is 16.3. The van der Waals surface area contributed by atoms with E-state index in [0.29, 0.717) is 21.4 Å². The molecule has 0 radical (unpaired) electrons. The van der Waals surface area contributed by atoms with Crippen LogP contribution in [0, 0.1) is 10.1 Å². The molecule has 8 nitrogen and oxygen atoms in total. The Labute approximate surface area is 173 Å². The van der Waals surface area contributed by atoms with Gasteiger partial charge in [-0.3, -0.25) is 14.9 Å². The number of Topliss-reactive ketones (excluding diaryl/α,β-unsaturated/α-hetero) is 1. The van der Waals surface area contributed by atoms with Crippen LogP contribution in [0.3, 0.4) is 0 Å². The van der Waals surface area contributed by atoms with Crippen molar-refractivity contribution < 1.29 is 9.72 Å². The summed E-state index contributed by atoms with van der Waals surface area (Å²) in [6, 6.07) is 16.4. The largest absolute Gasteiger partial charge is 0.293 e. The number of nitrogens with zero attached hydrogens (tertiary/aromatic N) is 5. The number of carbonyl (C=O) groups excluding carboxylic acids is 1. The van der Waals surface area contributed by atoms with Gasteiger partial charge in [-0.05, 0) is 36.4 Å². The maximum Gasteiger partial charge on any atom is 0.269 e. The maximum absolute atomic E-state index is 12.4. The minimum absolute atomic E-state index is 0.0587. The van der Waals surface area contributed by atoms with E-state index in [1.807, 2.05) is 18.2 Å². The van der Waals surface area contributed by atoms with E-state index in [1.165, 1.54) is 36.0 Å². The van der Waals surface area contributed by atoms with Gasteiger partial charge in [0, 0.05) is 28.3 Å². The van der Waals surface area contributed by atoms with Crippen LogP contribution in [0.25, 0.3) is 16.9 Å². The fraction of sp³-hybridized carbons (Fsp3) is 0.0526. The zero-order chi connectivity index (χ0) is 20.4. The molecule has 2 heterocycles. The Hall–Kier alpha value is -3.30. The molecule has 2 aromatic carbocycles. The lowest BCUT2D eigenvalue weighted by Gasteiger charge is -2.03. The van der Waals surface area contributed by atoms with Crippen LogP contribution >= 0.6 is 23.4 Å². The van der Waals surface area contributed by atoms with Crippen molar-refractivity contribution in [3.8, 4) is 11.3 Å². The first-order valence-electron chi connectivity index (χ1n) is 8.40. The van der Waals surface area contributed by atoms with Crippen LogP contribution in [0.5, 0.6) is 0 Å². The van der Waals surface area contributed by atoms with E-state index in [4.69, 9.17) is 11.6 Å². The summed E-state index contributed by atoms with van der Waals surface area (Å²) in [4.78, 5) is 22.6. The monoisotopic (exact) mass is 425 g/mol. The van der Waals surface area contributed by atoms with E-state index in [2.05, 4.69) is 15.3 Å². The minimum atomic E-state index is -0.505. The van der Waals surface area contributed by atoms with E-state index in [1.54, 1.807) is 22.7 Å². The molecule has 0 N–H and O–H groups in total. The maximum atomic E-state index is 12.4. The van der Waals surface area contributed by atoms with Gasteiger partial charge in [-0.15, -0.1) is 10.2 Å². The second kappa shape index (κ2) is 7.98. The second-order valence-electron chi connectivity index (χ2n) is 5.99. The van der Waals surface area contributed by atoms with E-state index >= 15 is 0 Å². The van der Waals surface area contributed by atoms with Crippen LogP contribution in [0.4, 0.5) is 5.69 Å². The summed E-state index contributed by atoms with van der Waals surface area (Å²) in [6.45, 7) is 0. The summed E-state index contributed by atoms with van der Waals surface area (Å²) in [5, 5.41) is 24.6. The van der Waals surface area contributed by atoms with Crippen LogP contribution in [-0.4, -0.2) is 36.3 Å². The smallest absolute Gasteiger partial charge is 0.269 e. The van der Waals surface area contributed by atoms with E-state index in [9.17, 15) is 14.9 Å². The average Bonchev–Trinajstić information content (AvgIpc) is 3.15. The van der Waals surface area contributed by atoms with Gasteiger partial charge in [0.15, 0.2) is 11.4 Å².